The van der Waals surface area contributed by atoms with Crippen LogP contribution in [0.2, 0.25) is 0 Å². The van der Waals surface area contributed by atoms with Crippen LogP contribution in [-0.2, 0) is 6.54 Å². The fourth-order valence-electron chi connectivity index (χ4n) is 3.31. The number of aromatic nitrogens is 4. The third-order valence-corrected chi connectivity index (χ3v) is 4.49. The van der Waals surface area contributed by atoms with Crippen molar-refractivity contribution in [2.45, 2.75) is 25.4 Å². The molecule has 4 rings (SSSR count). The van der Waals surface area contributed by atoms with E-state index in [4.69, 9.17) is 0 Å². The normalized spacial score (nSPS) is 17.3. The molecule has 2 aromatic heterocycles. The van der Waals surface area contributed by atoms with E-state index in [1.165, 1.54) is 0 Å². The van der Waals surface area contributed by atoms with Gasteiger partial charge in [0.05, 0.1) is 25.1 Å². The lowest BCUT2D eigenvalue weighted by Gasteiger charge is -2.25. The van der Waals surface area contributed by atoms with Crippen LogP contribution in [0.1, 0.15) is 23.3 Å². The summed E-state index contributed by atoms with van der Waals surface area (Å²) >= 11 is 0. The Morgan fingerprint density at radius 2 is 2.08 bits per heavy atom. The lowest BCUT2D eigenvalue weighted by molar-refractivity contribution is 0.0713. The molecule has 3 heterocycles. The number of imidazole rings is 1. The van der Waals surface area contributed by atoms with Gasteiger partial charge in [0.1, 0.15) is 5.69 Å². The average molecular weight is 321 g/mol. The molecular weight excluding hydrogens is 302 g/mol. The molecular formula is C18H19N5O. The zero-order valence-electron chi connectivity index (χ0n) is 13.3. The van der Waals surface area contributed by atoms with Crippen LogP contribution in [0.5, 0.6) is 0 Å². The number of carbonyl (C=O) groups is 1. The molecule has 1 fully saturated rings. The zero-order valence-corrected chi connectivity index (χ0v) is 13.3. The van der Waals surface area contributed by atoms with Gasteiger partial charge in [0.25, 0.3) is 5.91 Å². The van der Waals surface area contributed by atoms with Crippen LogP contribution in [0.3, 0.4) is 0 Å². The monoisotopic (exact) mass is 321 g/mol. The summed E-state index contributed by atoms with van der Waals surface area (Å²) in [4.78, 5) is 19.2. The predicted molar refractivity (Wildman–Crippen MR) is 89.8 cm³/mol. The van der Waals surface area contributed by atoms with Crippen LogP contribution in [0, 0.1) is 0 Å². The Labute approximate surface area is 140 Å². The van der Waals surface area contributed by atoms with Gasteiger partial charge in [-0.2, -0.15) is 5.10 Å². The number of hydrogen-bond acceptors (Lipinski definition) is 3. The number of nitrogens with zero attached hydrogens (tertiary/aromatic N) is 5. The maximum absolute atomic E-state index is 13.1. The smallest absolute Gasteiger partial charge is 0.272 e. The fourth-order valence-corrected chi connectivity index (χ4v) is 3.31. The van der Waals surface area contributed by atoms with Gasteiger partial charge >= 0.3 is 0 Å². The molecule has 3 aromatic rings. The molecule has 6 heteroatoms. The van der Waals surface area contributed by atoms with Crippen LogP contribution in [0.25, 0.3) is 5.69 Å². The van der Waals surface area contributed by atoms with Gasteiger partial charge in [-0.1, -0.05) is 18.2 Å². The molecule has 0 saturated carbocycles. The van der Waals surface area contributed by atoms with Crippen molar-refractivity contribution in [3.63, 3.8) is 0 Å². The quantitative estimate of drug-likeness (QED) is 0.741. The van der Waals surface area contributed by atoms with Crippen LogP contribution < -0.4 is 0 Å². The summed E-state index contributed by atoms with van der Waals surface area (Å²) in [5, 5.41) is 4.26. The van der Waals surface area contributed by atoms with Gasteiger partial charge in [-0.3, -0.25) is 14.0 Å². The van der Waals surface area contributed by atoms with Gasteiger partial charge in [-0.15, -0.1) is 0 Å². The summed E-state index contributed by atoms with van der Waals surface area (Å²) < 4.78 is 3.75. The molecule has 1 aliphatic rings. The number of benzene rings is 1. The third-order valence-electron chi connectivity index (χ3n) is 4.49. The number of amides is 1. The molecule has 122 valence electrons. The molecule has 1 aliphatic heterocycles. The first-order valence-electron chi connectivity index (χ1n) is 8.19. The maximum Gasteiger partial charge on any atom is 0.272 e. The standard InChI is InChI=1S/C18H19N5O/c24-18(17-12-19-14-23(17)15-6-2-1-3-7-15)22-11-4-8-16(22)13-21-10-5-9-20-21/h1-3,5-7,9-10,12,14,16H,4,8,11,13H2/t16-/m1/s1. The Morgan fingerprint density at radius 3 is 2.88 bits per heavy atom. The summed E-state index contributed by atoms with van der Waals surface area (Å²) in [6.45, 7) is 1.52. The van der Waals surface area contributed by atoms with E-state index in [0.717, 1.165) is 31.6 Å². The van der Waals surface area contributed by atoms with Crippen LogP contribution >= 0.6 is 0 Å². The molecule has 24 heavy (non-hydrogen) atoms. The van der Waals surface area contributed by atoms with Crippen molar-refractivity contribution < 1.29 is 4.79 Å². The topological polar surface area (TPSA) is 56.0 Å². The lowest BCUT2D eigenvalue weighted by Crippen LogP contribution is -2.39. The van der Waals surface area contributed by atoms with Crippen molar-refractivity contribution in [1.82, 2.24) is 24.2 Å². The number of hydrogen-bond donors (Lipinski definition) is 0. The second-order valence-corrected chi connectivity index (χ2v) is 6.01. The predicted octanol–water partition coefficient (Wildman–Crippen LogP) is 2.37. The maximum atomic E-state index is 13.1. The van der Waals surface area contributed by atoms with E-state index in [1.807, 2.05) is 56.7 Å². The Bertz CT molecular complexity index is 809. The second-order valence-electron chi connectivity index (χ2n) is 6.01. The Hall–Kier alpha value is -2.89. The SMILES string of the molecule is O=C(c1cncn1-c1ccccc1)N1CCC[C@@H]1Cn1cccn1. The summed E-state index contributed by atoms with van der Waals surface area (Å²) in [6.07, 6.45) is 9.09. The first kappa shape index (κ1) is 14.7. The highest BCUT2D eigenvalue weighted by Crippen LogP contribution is 2.22. The number of likely N-dealkylation sites (tertiary alicyclic amines) is 1. The third kappa shape index (κ3) is 2.71. The molecule has 0 radical (unpaired) electrons. The summed E-state index contributed by atoms with van der Waals surface area (Å²) in [7, 11) is 0. The van der Waals surface area contributed by atoms with Crippen molar-refractivity contribution >= 4 is 5.91 Å². The first-order chi connectivity index (χ1) is 11.8. The van der Waals surface area contributed by atoms with Crippen molar-refractivity contribution in [3.8, 4) is 5.69 Å². The molecule has 0 spiro atoms. The number of carbonyl (C=O) groups excluding carboxylic acids is 1. The zero-order chi connectivity index (χ0) is 16.4. The van der Waals surface area contributed by atoms with Crippen LogP contribution in [0.4, 0.5) is 0 Å². The van der Waals surface area contributed by atoms with Gasteiger partial charge < -0.3 is 4.90 Å². The largest absolute Gasteiger partial charge is 0.332 e. The Morgan fingerprint density at radius 1 is 1.21 bits per heavy atom. The first-order valence-corrected chi connectivity index (χ1v) is 8.19. The molecule has 1 aromatic carbocycles. The van der Waals surface area contributed by atoms with E-state index in [2.05, 4.69) is 10.1 Å². The van der Waals surface area contributed by atoms with Crippen LogP contribution in [-0.4, -0.2) is 42.7 Å². The Kier molecular flexibility index (Phi) is 3.86. The highest BCUT2D eigenvalue weighted by Gasteiger charge is 2.31. The fraction of sp³-hybridized carbons (Fsp3) is 0.278. The van der Waals surface area contributed by atoms with Gasteiger partial charge in [0.15, 0.2) is 0 Å². The van der Waals surface area contributed by atoms with Gasteiger partial charge in [0, 0.05) is 24.6 Å². The number of para-hydroxylation sites is 1. The van der Waals surface area contributed by atoms with E-state index in [1.54, 1.807) is 18.7 Å². The van der Waals surface area contributed by atoms with Crippen molar-refractivity contribution in [2.75, 3.05) is 6.54 Å². The van der Waals surface area contributed by atoms with E-state index in [0.29, 0.717) is 5.69 Å². The summed E-state index contributed by atoms with van der Waals surface area (Å²) in [5.41, 5.74) is 1.55. The molecule has 0 aliphatic carbocycles. The van der Waals surface area contributed by atoms with Gasteiger partial charge in [-0.25, -0.2) is 4.98 Å². The van der Waals surface area contributed by atoms with Gasteiger partial charge in [0.2, 0.25) is 0 Å². The molecule has 0 N–H and O–H groups in total. The highest BCUT2D eigenvalue weighted by atomic mass is 16.2. The van der Waals surface area contributed by atoms with Crippen LogP contribution in [0.15, 0.2) is 61.3 Å². The van der Waals surface area contributed by atoms with E-state index < -0.39 is 0 Å². The highest BCUT2D eigenvalue weighted by molar-refractivity contribution is 5.93. The molecule has 6 nitrogen and oxygen atoms in total. The van der Waals surface area contributed by atoms with Crippen molar-refractivity contribution in [2.24, 2.45) is 0 Å². The lowest BCUT2D eigenvalue weighted by atomic mass is 10.2. The minimum absolute atomic E-state index is 0.0333. The number of rotatable bonds is 4. The van der Waals surface area contributed by atoms with E-state index in [-0.39, 0.29) is 11.9 Å². The molecule has 1 atom stereocenters. The molecule has 1 amide bonds. The minimum atomic E-state index is 0.0333. The summed E-state index contributed by atoms with van der Waals surface area (Å²) in [5.74, 6) is 0.0333. The minimum Gasteiger partial charge on any atom is -0.332 e. The average Bonchev–Trinajstić information content (AvgIpc) is 3.37. The van der Waals surface area contributed by atoms with Gasteiger partial charge in [-0.05, 0) is 31.0 Å². The van der Waals surface area contributed by atoms with E-state index in [9.17, 15) is 4.79 Å². The Balaban J connectivity index is 1.59. The second kappa shape index (κ2) is 6.31. The van der Waals surface area contributed by atoms with E-state index >= 15 is 0 Å². The summed E-state index contributed by atoms with van der Waals surface area (Å²) in [6, 6.07) is 11.9. The van der Waals surface area contributed by atoms with Crippen molar-refractivity contribution in [1.29, 1.82) is 0 Å². The molecule has 0 bridgehead atoms. The van der Waals surface area contributed by atoms with Crippen molar-refractivity contribution in [3.05, 3.63) is 67.0 Å². The molecule has 0 unspecified atom stereocenters. The molecule has 1 saturated heterocycles.